The number of ether oxygens (including phenoxy) is 1. The molecule has 1 aliphatic carbocycles. The number of carbonyl (C=O) groups is 2. The first kappa shape index (κ1) is 26.1. The zero-order valence-electron chi connectivity index (χ0n) is 20.2. The number of alkyl halides is 3. The maximum atomic E-state index is 13.6. The largest absolute Gasteiger partial charge is 0.465 e. The molecule has 1 saturated carbocycles. The van der Waals surface area contributed by atoms with Crippen molar-refractivity contribution in [3.8, 4) is 11.1 Å². The number of esters is 1. The lowest BCUT2D eigenvalue weighted by Gasteiger charge is -2.22. The van der Waals surface area contributed by atoms with Crippen LogP contribution in [-0.2, 0) is 33.5 Å². The van der Waals surface area contributed by atoms with Crippen molar-refractivity contribution in [1.82, 2.24) is 9.47 Å². The molecule has 0 atom stereocenters. The topological polar surface area (TPSA) is 51.5 Å². The highest BCUT2D eigenvalue weighted by atomic mass is 35.5. The molecular weight excluding hydrogens is 493 g/mol. The predicted molar refractivity (Wildman–Crippen MR) is 133 cm³/mol. The van der Waals surface area contributed by atoms with Crippen LogP contribution in [0.5, 0.6) is 0 Å². The molecule has 1 aliphatic rings. The Labute approximate surface area is 212 Å². The number of fused-ring (bicyclic) bond motifs is 1. The Balaban J connectivity index is 1.77. The fraction of sp³-hybridized carbons (Fsp3) is 0.407. The van der Waals surface area contributed by atoms with Gasteiger partial charge < -0.3 is 14.2 Å². The number of amides is 1. The lowest BCUT2D eigenvalue weighted by Crippen LogP contribution is -2.33. The Morgan fingerprint density at radius 2 is 1.86 bits per heavy atom. The summed E-state index contributed by atoms with van der Waals surface area (Å²) in [6.45, 7) is 4.60. The Kier molecular flexibility index (Phi) is 7.64. The SMILES string of the molecule is CCOC(=O)Cn1cc(-c2ccc(C(F)(F)F)cc2CCN(CC)C(=O)C2CC2)c2ccc(Cl)cc21. The molecule has 1 amide bonds. The third kappa shape index (κ3) is 5.69. The van der Waals surface area contributed by atoms with E-state index in [1.54, 1.807) is 40.8 Å². The van der Waals surface area contributed by atoms with Gasteiger partial charge in [0.1, 0.15) is 6.54 Å². The molecule has 192 valence electrons. The molecule has 0 unspecified atom stereocenters. The third-order valence-electron chi connectivity index (χ3n) is 6.44. The van der Waals surface area contributed by atoms with E-state index in [4.69, 9.17) is 16.3 Å². The van der Waals surface area contributed by atoms with Gasteiger partial charge in [-0.05, 0) is 68.5 Å². The Hall–Kier alpha value is -3.00. The molecule has 9 heteroatoms. The van der Waals surface area contributed by atoms with Crippen LogP contribution in [-0.4, -0.2) is 41.0 Å². The number of hydrogen-bond donors (Lipinski definition) is 0. The molecule has 5 nitrogen and oxygen atoms in total. The molecule has 36 heavy (non-hydrogen) atoms. The third-order valence-corrected chi connectivity index (χ3v) is 6.68. The first-order valence-corrected chi connectivity index (χ1v) is 12.4. The second-order valence-corrected chi connectivity index (χ2v) is 9.39. The molecule has 1 aromatic heterocycles. The molecule has 4 rings (SSSR count). The standard InChI is InChI=1S/C27H28ClF3N2O3/c1-3-32(26(35)17-5-6-17)12-11-18-13-19(27(29,30)31)7-9-21(18)23-15-33(16-25(34)36-4-2)24-14-20(28)8-10-22(23)24/h7-10,13-15,17H,3-6,11-12,16H2,1-2H3. The Bertz CT molecular complexity index is 1280. The quantitative estimate of drug-likeness (QED) is 0.309. The Morgan fingerprint density at radius 1 is 1.11 bits per heavy atom. The lowest BCUT2D eigenvalue weighted by molar-refractivity contribution is -0.143. The summed E-state index contributed by atoms with van der Waals surface area (Å²) in [7, 11) is 0. The molecule has 0 bridgehead atoms. The second kappa shape index (κ2) is 10.5. The van der Waals surface area contributed by atoms with E-state index in [0.717, 1.165) is 30.4 Å². The molecule has 2 aromatic carbocycles. The van der Waals surface area contributed by atoms with Gasteiger partial charge >= 0.3 is 12.1 Å². The van der Waals surface area contributed by atoms with E-state index < -0.39 is 17.7 Å². The zero-order chi connectivity index (χ0) is 26.0. The van der Waals surface area contributed by atoms with Gasteiger partial charge in [0.25, 0.3) is 0 Å². The molecule has 0 N–H and O–H groups in total. The van der Waals surface area contributed by atoms with E-state index in [2.05, 4.69) is 0 Å². The monoisotopic (exact) mass is 520 g/mol. The first-order valence-electron chi connectivity index (χ1n) is 12.1. The summed E-state index contributed by atoms with van der Waals surface area (Å²) < 4.78 is 47.6. The average molecular weight is 521 g/mol. The summed E-state index contributed by atoms with van der Waals surface area (Å²) in [5.74, 6) is -0.325. The second-order valence-electron chi connectivity index (χ2n) is 8.95. The number of nitrogens with zero attached hydrogens (tertiary/aromatic N) is 2. The highest BCUT2D eigenvalue weighted by Gasteiger charge is 2.34. The number of hydrogen-bond acceptors (Lipinski definition) is 3. The maximum Gasteiger partial charge on any atom is 0.416 e. The van der Waals surface area contributed by atoms with Crippen molar-refractivity contribution in [1.29, 1.82) is 0 Å². The van der Waals surface area contributed by atoms with Crippen molar-refractivity contribution in [2.45, 2.75) is 45.8 Å². The van der Waals surface area contributed by atoms with Gasteiger partial charge in [-0.1, -0.05) is 23.7 Å². The van der Waals surface area contributed by atoms with Crippen LogP contribution in [0.1, 0.15) is 37.8 Å². The van der Waals surface area contributed by atoms with E-state index in [9.17, 15) is 22.8 Å². The normalized spacial score (nSPS) is 13.7. The molecule has 1 heterocycles. The van der Waals surface area contributed by atoms with Crippen molar-refractivity contribution < 1.29 is 27.5 Å². The fourth-order valence-corrected chi connectivity index (χ4v) is 4.63. The minimum Gasteiger partial charge on any atom is -0.465 e. The number of likely N-dealkylation sites (N-methyl/N-ethyl adjacent to an activating group) is 1. The number of benzene rings is 2. The summed E-state index contributed by atoms with van der Waals surface area (Å²) in [5.41, 5.74) is 1.72. The highest BCUT2D eigenvalue weighted by Crippen LogP contribution is 2.38. The predicted octanol–water partition coefficient (Wildman–Crippen LogP) is 6.34. The molecule has 1 fully saturated rings. The van der Waals surface area contributed by atoms with Gasteiger partial charge in [0.05, 0.1) is 17.7 Å². The summed E-state index contributed by atoms with van der Waals surface area (Å²) in [4.78, 5) is 26.5. The van der Waals surface area contributed by atoms with E-state index in [0.29, 0.717) is 40.3 Å². The van der Waals surface area contributed by atoms with Crippen molar-refractivity contribution >= 4 is 34.4 Å². The summed E-state index contributed by atoms with van der Waals surface area (Å²) >= 11 is 6.21. The van der Waals surface area contributed by atoms with Gasteiger partial charge in [0.15, 0.2) is 0 Å². The summed E-state index contributed by atoms with van der Waals surface area (Å²) in [6, 6.07) is 8.92. The average Bonchev–Trinajstić information content (AvgIpc) is 3.62. The van der Waals surface area contributed by atoms with Crippen LogP contribution in [0.3, 0.4) is 0 Å². The van der Waals surface area contributed by atoms with Gasteiger partial charge in [-0.15, -0.1) is 0 Å². The van der Waals surface area contributed by atoms with E-state index in [1.807, 2.05) is 6.92 Å². The Morgan fingerprint density at radius 3 is 2.50 bits per heavy atom. The van der Waals surface area contributed by atoms with Crippen molar-refractivity contribution in [2.75, 3.05) is 19.7 Å². The molecule has 0 radical (unpaired) electrons. The van der Waals surface area contributed by atoms with Crippen molar-refractivity contribution in [2.24, 2.45) is 5.92 Å². The smallest absolute Gasteiger partial charge is 0.416 e. The van der Waals surface area contributed by atoms with E-state index >= 15 is 0 Å². The van der Waals surface area contributed by atoms with Gasteiger partial charge in [-0.25, -0.2) is 0 Å². The minimum atomic E-state index is -4.49. The number of rotatable bonds is 9. The number of aromatic nitrogens is 1. The van der Waals surface area contributed by atoms with Crippen LogP contribution < -0.4 is 0 Å². The molecule has 0 spiro atoms. The van der Waals surface area contributed by atoms with Crippen LogP contribution in [0.15, 0.2) is 42.6 Å². The molecule has 0 aliphatic heterocycles. The molecule has 0 saturated heterocycles. The maximum absolute atomic E-state index is 13.6. The van der Waals surface area contributed by atoms with Gasteiger partial charge in [-0.3, -0.25) is 9.59 Å². The van der Waals surface area contributed by atoms with Gasteiger partial charge in [0, 0.05) is 41.2 Å². The van der Waals surface area contributed by atoms with Crippen LogP contribution in [0.25, 0.3) is 22.0 Å². The van der Waals surface area contributed by atoms with Crippen molar-refractivity contribution in [3.63, 3.8) is 0 Å². The van der Waals surface area contributed by atoms with Crippen LogP contribution >= 0.6 is 11.6 Å². The molecule has 3 aromatic rings. The lowest BCUT2D eigenvalue weighted by atomic mass is 9.94. The van der Waals surface area contributed by atoms with Gasteiger partial charge in [0.2, 0.25) is 5.91 Å². The number of halogens is 4. The van der Waals surface area contributed by atoms with Gasteiger partial charge in [-0.2, -0.15) is 13.2 Å². The van der Waals surface area contributed by atoms with Crippen LogP contribution in [0.4, 0.5) is 13.2 Å². The van der Waals surface area contributed by atoms with E-state index in [-0.39, 0.29) is 31.4 Å². The van der Waals surface area contributed by atoms with Crippen LogP contribution in [0, 0.1) is 5.92 Å². The van der Waals surface area contributed by atoms with Crippen molar-refractivity contribution in [3.05, 3.63) is 58.7 Å². The molecular formula is C27H28ClF3N2O3. The first-order chi connectivity index (χ1) is 17.1. The minimum absolute atomic E-state index is 0.0385. The summed E-state index contributed by atoms with van der Waals surface area (Å²) in [6.07, 6.45) is -0.743. The fourth-order valence-electron chi connectivity index (χ4n) is 4.46. The van der Waals surface area contributed by atoms with Crippen LogP contribution in [0.2, 0.25) is 5.02 Å². The number of carbonyl (C=O) groups excluding carboxylic acids is 2. The van der Waals surface area contributed by atoms with E-state index in [1.165, 1.54) is 6.07 Å². The summed E-state index contributed by atoms with van der Waals surface area (Å²) in [5, 5.41) is 1.23. The highest BCUT2D eigenvalue weighted by molar-refractivity contribution is 6.31. The zero-order valence-corrected chi connectivity index (χ0v) is 21.0.